The molecule has 16 heavy (non-hydrogen) atoms. The Morgan fingerprint density at radius 2 is 2.06 bits per heavy atom. The number of nitrogens with zero attached hydrogens (tertiary/aromatic N) is 4. The minimum atomic E-state index is 0.842. The molecule has 0 bridgehead atoms. The van der Waals surface area contributed by atoms with Crippen LogP contribution in [0.25, 0.3) is 0 Å². The maximum absolute atomic E-state index is 4.27. The van der Waals surface area contributed by atoms with Crippen LogP contribution in [-0.4, -0.2) is 25.5 Å². The molecule has 0 amide bonds. The van der Waals surface area contributed by atoms with E-state index in [4.69, 9.17) is 0 Å². The zero-order chi connectivity index (χ0) is 11.4. The summed E-state index contributed by atoms with van der Waals surface area (Å²) in [5.74, 6) is 2.94. The van der Waals surface area contributed by atoms with Crippen LogP contribution < -0.4 is 0 Å². The zero-order valence-corrected chi connectivity index (χ0v) is 11.5. The van der Waals surface area contributed by atoms with Crippen LogP contribution in [0.3, 0.4) is 0 Å². The van der Waals surface area contributed by atoms with E-state index in [9.17, 15) is 0 Å². The minimum absolute atomic E-state index is 0.842. The molecule has 0 aromatic carbocycles. The molecule has 0 aliphatic rings. The first-order chi connectivity index (χ1) is 7.79. The van der Waals surface area contributed by atoms with Crippen LogP contribution in [-0.2, 0) is 12.8 Å². The molecule has 2 heterocycles. The van der Waals surface area contributed by atoms with Gasteiger partial charge in [0.15, 0.2) is 8.68 Å². The Hall–Kier alpha value is -0.530. The van der Waals surface area contributed by atoms with Crippen molar-refractivity contribution in [2.75, 3.05) is 5.75 Å². The molecule has 2 aromatic rings. The molecular formula is C9H12N4S3. The van der Waals surface area contributed by atoms with Crippen LogP contribution in [0.4, 0.5) is 0 Å². The third-order valence-electron chi connectivity index (χ3n) is 1.90. The van der Waals surface area contributed by atoms with E-state index < -0.39 is 0 Å². The first-order valence-electron chi connectivity index (χ1n) is 4.85. The monoisotopic (exact) mass is 272 g/mol. The van der Waals surface area contributed by atoms with Gasteiger partial charge >= 0.3 is 0 Å². The average Bonchev–Trinajstić information content (AvgIpc) is 2.86. The molecule has 4 nitrogen and oxygen atoms in total. The van der Waals surface area contributed by atoms with Crippen molar-refractivity contribution >= 4 is 34.9 Å². The van der Waals surface area contributed by atoms with Gasteiger partial charge < -0.3 is 4.57 Å². The van der Waals surface area contributed by atoms with E-state index in [0.29, 0.717) is 0 Å². The quantitative estimate of drug-likeness (QED) is 0.783. The van der Waals surface area contributed by atoms with Gasteiger partial charge in [0.25, 0.3) is 0 Å². The van der Waals surface area contributed by atoms with Crippen molar-refractivity contribution in [2.45, 2.75) is 21.4 Å². The molecule has 2 rings (SSSR count). The third-order valence-corrected chi connectivity index (χ3v) is 4.97. The number of aryl methyl sites for hydroxylation is 1. The topological polar surface area (TPSA) is 43.6 Å². The van der Waals surface area contributed by atoms with E-state index in [1.165, 1.54) is 0 Å². The van der Waals surface area contributed by atoms with Crippen molar-refractivity contribution in [1.29, 1.82) is 0 Å². The highest BCUT2D eigenvalue weighted by Gasteiger charge is 2.06. The molecule has 0 saturated carbocycles. The molecule has 0 saturated heterocycles. The summed E-state index contributed by atoms with van der Waals surface area (Å²) < 4.78 is 4.08. The molecule has 86 valence electrons. The van der Waals surface area contributed by atoms with Gasteiger partial charge in [-0.1, -0.05) is 41.8 Å². The summed E-state index contributed by atoms with van der Waals surface area (Å²) in [6, 6.07) is 0. The number of hydrogen-bond acceptors (Lipinski definition) is 6. The van der Waals surface area contributed by atoms with Gasteiger partial charge in [-0.15, -0.1) is 10.2 Å². The second-order valence-electron chi connectivity index (χ2n) is 3.01. The molecule has 0 fully saturated rings. The maximum Gasteiger partial charge on any atom is 0.175 e. The lowest BCUT2D eigenvalue weighted by atomic mass is 10.7. The summed E-state index contributed by atoms with van der Waals surface area (Å²) in [5.41, 5.74) is 0. The summed E-state index contributed by atoms with van der Waals surface area (Å²) in [6.45, 7) is 2.12. The highest BCUT2D eigenvalue weighted by molar-refractivity contribution is 8.02. The van der Waals surface area contributed by atoms with Crippen molar-refractivity contribution < 1.29 is 0 Å². The molecule has 0 aliphatic carbocycles. The van der Waals surface area contributed by atoms with E-state index in [1.807, 2.05) is 24.0 Å². The molecular weight excluding hydrogens is 260 g/mol. The van der Waals surface area contributed by atoms with E-state index in [-0.39, 0.29) is 0 Å². The van der Waals surface area contributed by atoms with Crippen molar-refractivity contribution in [3.05, 3.63) is 18.2 Å². The number of hydrogen-bond donors (Lipinski definition) is 0. The Bertz CT molecular complexity index is 451. The SMILES string of the molecule is CCSc1nnc(SCc2nccn2C)s1. The summed E-state index contributed by atoms with van der Waals surface area (Å²) >= 11 is 5.07. The smallest absolute Gasteiger partial charge is 0.175 e. The largest absolute Gasteiger partial charge is 0.337 e. The van der Waals surface area contributed by atoms with Gasteiger partial charge in [0.2, 0.25) is 0 Å². The molecule has 0 N–H and O–H groups in total. The van der Waals surface area contributed by atoms with Crippen molar-refractivity contribution in [2.24, 2.45) is 7.05 Å². The van der Waals surface area contributed by atoms with Gasteiger partial charge in [-0.3, -0.25) is 0 Å². The highest BCUT2D eigenvalue weighted by atomic mass is 32.2. The van der Waals surface area contributed by atoms with Crippen LogP contribution in [0.5, 0.6) is 0 Å². The van der Waals surface area contributed by atoms with Crippen LogP contribution >= 0.6 is 34.9 Å². The lowest BCUT2D eigenvalue weighted by Gasteiger charge is -1.97. The molecule has 0 aliphatic heterocycles. The zero-order valence-electron chi connectivity index (χ0n) is 9.08. The second kappa shape index (κ2) is 5.70. The fourth-order valence-electron chi connectivity index (χ4n) is 1.10. The summed E-state index contributed by atoms with van der Waals surface area (Å²) in [6.07, 6.45) is 3.77. The van der Waals surface area contributed by atoms with Crippen LogP contribution in [0, 0.1) is 0 Å². The summed E-state index contributed by atoms with van der Waals surface area (Å²) in [7, 11) is 2.00. The fourth-order valence-corrected chi connectivity index (χ4v) is 4.02. The minimum Gasteiger partial charge on any atom is -0.337 e. The molecule has 0 atom stereocenters. The van der Waals surface area contributed by atoms with E-state index >= 15 is 0 Å². The lowest BCUT2D eigenvalue weighted by molar-refractivity contribution is 0.848. The average molecular weight is 272 g/mol. The van der Waals surface area contributed by atoms with E-state index in [0.717, 1.165) is 26.0 Å². The molecule has 0 unspecified atom stereocenters. The second-order valence-corrected chi connectivity index (χ2v) is 6.72. The summed E-state index contributed by atoms with van der Waals surface area (Å²) in [5, 5.41) is 8.25. The predicted molar refractivity (Wildman–Crippen MR) is 69.1 cm³/mol. The normalized spacial score (nSPS) is 10.9. The number of aromatic nitrogens is 4. The predicted octanol–water partition coefficient (Wildman–Crippen LogP) is 2.68. The van der Waals surface area contributed by atoms with Gasteiger partial charge in [0.05, 0.1) is 5.75 Å². The Morgan fingerprint density at radius 3 is 2.69 bits per heavy atom. The standard InChI is InChI=1S/C9H12N4S3/c1-3-14-8-11-12-9(16-8)15-6-7-10-4-5-13(7)2/h4-5H,3,6H2,1-2H3. The molecule has 2 aromatic heterocycles. The summed E-state index contributed by atoms with van der Waals surface area (Å²) in [4.78, 5) is 4.27. The van der Waals surface area contributed by atoms with Crippen LogP contribution in [0.1, 0.15) is 12.7 Å². The first kappa shape index (κ1) is 11.9. The van der Waals surface area contributed by atoms with Crippen molar-refractivity contribution in [1.82, 2.24) is 19.7 Å². The van der Waals surface area contributed by atoms with E-state index in [2.05, 4.69) is 22.1 Å². The Balaban J connectivity index is 1.92. The Morgan fingerprint density at radius 1 is 1.31 bits per heavy atom. The van der Waals surface area contributed by atoms with E-state index in [1.54, 1.807) is 34.9 Å². The van der Waals surface area contributed by atoms with Crippen molar-refractivity contribution in [3.8, 4) is 0 Å². The van der Waals surface area contributed by atoms with Crippen LogP contribution in [0.2, 0.25) is 0 Å². The lowest BCUT2D eigenvalue weighted by Crippen LogP contribution is -1.93. The first-order valence-corrected chi connectivity index (χ1v) is 7.63. The van der Waals surface area contributed by atoms with Gasteiger partial charge in [-0.25, -0.2) is 4.98 Å². The fraction of sp³-hybridized carbons (Fsp3) is 0.444. The Labute approximate surface area is 107 Å². The molecule has 7 heteroatoms. The molecule has 0 radical (unpaired) electrons. The maximum atomic E-state index is 4.27. The van der Waals surface area contributed by atoms with Crippen LogP contribution in [0.15, 0.2) is 21.1 Å². The van der Waals surface area contributed by atoms with Gasteiger partial charge in [0.1, 0.15) is 5.82 Å². The highest BCUT2D eigenvalue weighted by Crippen LogP contribution is 2.29. The van der Waals surface area contributed by atoms with Gasteiger partial charge in [-0.2, -0.15) is 0 Å². The number of imidazole rings is 1. The molecule has 0 spiro atoms. The Kier molecular flexibility index (Phi) is 4.25. The number of rotatable bonds is 5. The number of thioether (sulfide) groups is 2. The van der Waals surface area contributed by atoms with Gasteiger partial charge in [-0.05, 0) is 5.75 Å². The van der Waals surface area contributed by atoms with Gasteiger partial charge in [0, 0.05) is 19.4 Å². The third kappa shape index (κ3) is 2.99. The van der Waals surface area contributed by atoms with Crippen molar-refractivity contribution in [3.63, 3.8) is 0 Å².